The van der Waals surface area contributed by atoms with Crippen LogP contribution >= 0.6 is 15.9 Å². The van der Waals surface area contributed by atoms with E-state index in [1.807, 2.05) is 0 Å². The Bertz CT molecular complexity index is 1110. The number of aromatic nitrogens is 2. The van der Waals surface area contributed by atoms with E-state index in [2.05, 4.69) is 31.6 Å². The fourth-order valence-corrected chi connectivity index (χ4v) is 3.00. The van der Waals surface area contributed by atoms with Crippen molar-refractivity contribution in [2.75, 3.05) is 7.11 Å². The number of carbonyl (C=O) groups excluding carboxylic acids is 1. The largest absolute Gasteiger partial charge is 0.504 e. The average Bonchev–Trinajstić information content (AvgIpc) is 3.19. The minimum Gasteiger partial charge on any atom is -0.504 e. The molecule has 0 saturated heterocycles. The maximum absolute atomic E-state index is 12.2. The molecule has 0 spiro atoms. The molecule has 2 N–H and O–H groups in total. The topological polar surface area (TPSA) is 132 Å². The highest BCUT2D eigenvalue weighted by Gasteiger charge is 2.11. The van der Waals surface area contributed by atoms with Gasteiger partial charge in [0, 0.05) is 28.4 Å². The average molecular weight is 474 g/mol. The molecule has 0 aliphatic carbocycles. The number of aromatic hydroxyl groups is 1. The molecule has 3 rings (SSSR count). The van der Waals surface area contributed by atoms with Gasteiger partial charge >= 0.3 is 0 Å². The second kappa shape index (κ2) is 9.18. The number of methoxy groups -OCH3 is 1. The van der Waals surface area contributed by atoms with Crippen molar-refractivity contribution in [2.24, 2.45) is 5.10 Å². The van der Waals surface area contributed by atoms with E-state index in [-0.39, 0.29) is 22.9 Å². The van der Waals surface area contributed by atoms with E-state index >= 15 is 0 Å². The summed E-state index contributed by atoms with van der Waals surface area (Å²) in [6.45, 7) is 0.347. The number of hydrogen-bond donors (Lipinski definition) is 2. The van der Waals surface area contributed by atoms with E-state index in [9.17, 15) is 20.0 Å². The van der Waals surface area contributed by atoms with Gasteiger partial charge < -0.3 is 9.84 Å². The molecular formula is C19H16BrN5O5. The van der Waals surface area contributed by atoms with Crippen LogP contribution in [0, 0.1) is 10.1 Å². The van der Waals surface area contributed by atoms with Crippen LogP contribution in [0.5, 0.6) is 11.5 Å². The Hall–Kier alpha value is -3.73. The molecule has 0 bridgehead atoms. The maximum Gasteiger partial charge on any atom is 0.291 e. The SMILES string of the molecule is COc1cc(Br)cc(C=NNC(=O)c2ccn(Cc3ccc([N+](=O)[O-])cc3)n2)c1O. The molecule has 10 nitrogen and oxygen atoms in total. The molecule has 0 fully saturated rings. The Morgan fingerprint density at radius 1 is 1.37 bits per heavy atom. The number of amides is 1. The highest BCUT2D eigenvalue weighted by atomic mass is 79.9. The predicted octanol–water partition coefficient (Wildman–Crippen LogP) is 3.08. The van der Waals surface area contributed by atoms with Crippen LogP contribution in [0.4, 0.5) is 5.69 Å². The molecule has 0 radical (unpaired) electrons. The quantitative estimate of drug-likeness (QED) is 0.307. The molecule has 0 saturated carbocycles. The number of hydrazone groups is 1. The first-order valence-corrected chi connectivity index (χ1v) is 9.33. The van der Waals surface area contributed by atoms with Crippen molar-refractivity contribution in [3.05, 3.63) is 80.1 Å². The number of nitrogens with one attached hydrogen (secondary N) is 1. The number of nitro benzene ring substituents is 1. The van der Waals surface area contributed by atoms with Crippen LogP contribution in [0.3, 0.4) is 0 Å². The van der Waals surface area contributed by atoms with Crippen molar-refractivity contribution >= 4 is 33.7 Å². The first-order valence-electron chi connectivity index (χ1n) is 8.54. The zero-order valence-corrected chi connectivity index (χ0v) is 17.2. The summed E-state index contributed by atoms with van der Waals surface area (Å²) in [4.78, 5) is 22.5. The Balaban J connectivity index is 1.63. The van der Waals surface area contributed by atoms with Gasteiger partial charge in [0.1, 0.15) is 0 Å². The summed E-state index contributed by atoms with van der Waals surface area (Å²) >= 11 is 3.30. The lowest BCUT2D eigenvalue weighted by Crippen LogP contribution is -2.18. The molecule has 0 unspecified atom stereocenters. The molecule has 1 heterocycles. The van der Waals surface area contributed by atoms with Gasteiger partial charge in [-0.05, 0) is 23.8 Å². The summed E-state index contributed by atoms with van der Waals surface area (Å²) in [5.41, 5.74) is 3.64. The summed E-state index contributed by atoms with van der Waals surface area (Å²) < 4.78 is 7.27. The zero-order chi connectivity index (χ0) is 21.7. The van der Waals surface area contributed by atoms with E-state index in [4.69, 9.17) is 4.74 Å². The van der Waals surface area contributed by atoms with Crippen LogP contribution in [-0.2, 0) is 6.54 Å². The first-order chi connectivity index (χ1) is 14.4. The van der Waals surface area contributed by atoms with Crippen molar-refractivity contribution in [3.8, 4) is 11.5 Å². The molecule has 2 aromatic carbocycles. The maximum atomic E-state index is 12.2. The Morgan fingerprint density at radius 2 is 2.10 bits per heavy atom. The molecular weight excluding hydrogens is 458 g/mol. The van der Waals surface area contributed by atoms with Gasteiger partial charge in [-0.25, -0.2) is 5.43 Å². The number of hydrogen-bond acceptors (Lipinski definition) is 7. The van der Waals surface area contributed by atoms with Crippen LogP contribution in [-0.4, -0.2) is 39.0 Å². The summed E-state index contributed by atoms with van der Waals surface area (Å²) in [7, 11) is 1.43. The third-order valence-electron chi connectivity index (χ3n) is 4.02. The van der Waals surface area contributed by atoms with E-state index < -0.39 is 10.8 Å². The van der Waals surface area contributed by atoms with Crippen LogP contribution in [0.2, 0.25) is 0 Å². The fraction of sp³-hybridized carbons (Fsp3) is 0.105. The van der Waals surface area contributed by atoms with E-state index in [0.717, 1.165) is 5.56 Å². The number of phenols is 1. The summed E-state index contributed by atoms with van der Waals surface area (Å²) in [6.07, 6.45) is 2.90. The van der Waals surface area contributed by atoms with Crippen molar-refractivity contribution in [2.45, 2.75) is 6.54 Å². The van der Waals surface area contributed by atoms with Crippen molar-refractivity contribution in [1.29, 1.82) is 0 Å². The molecule has 3 aromatic rings. The Labute approximate surface area is 179 Å². The van der Waals surface area contributed by atoms with Crippen LogP contribution in [0.1, 0.15) is 21.6 Å². The highest BCUT2D eigenvalue weighted by molar-refractivity contribution is 9.10. The van der Waals surface area contributed by atoms with Gasteiger partial charge in [0.15, 0.2) is 17.2 Å². The van der Waals surface area contributed by atoms with Crippen LogP contribution < -0.4 is 10.2 Å². The molecule has 0 aliphatic rings. The monoisotopic (exact) mass is 473 g/mol. The molecule has 0 aliphatic heterocycles. The van der Waals surface area contributed by atoms with E-state index in [0.29, 0.717) is 16.6 Å². The molecule has 1 aromatic heterocycles. The second-order valence-electron chi connectivity index (χ2n) is 6.07. The molecule has 1 amide bonds. The number of nitrogens with zero attached hydrogens (tertiary/aromatic N) is 4. The minimum absolute atomic E-state index is 0.00578. The third kappa shape index (κ3) is 5.00. The lowest BCUT2D eigenvalue weighted by atomic mass is 10.2. The van der Waals surface area contributed by atoms with Gasteiger partial charge in [-0.3, -0.25) is 19.6 Å². The summed E-state index contributed by atoms with van der Waals surface area (Å²) in [5, 5.41) is 28.8. The number of halogens is 1. The van der Waals surface area contributed by atoms with Gasteiger partial charge in [-0.15, -0.1) is 0 Å². The smallest absolute Gasteiger partial charge is 0.291 e. The number of ether oxygens (including phenoxy) is 1. The van der Waals surface area contributed by atoms with Gasteiger partial charge in [-0.2, -0.15) is 10.2 Å². The number of nitro groups is 1. The number of phenolic OH excluding ortho intramolecular Hbond substituents is 1. The van der Waals surface area contributed by atoms with Crippen LogP contribution in [0.25, 0.3) is 0 Å². The minimum atomic E-state index is -0.532. The fourth-order valence-electron chi connectivity index (χ4n) is 2.55. The summed E-state index contributed by atoms with van der Waals surface area (Å²) in [5.74, 6) is -0.372. The zero-order valence-electron chi connectivity index (χ0n) is 15.7. The van der Waals surface area contributed by atoms with Crippen molar-refractivity contribution in [3.63, 3.8) is 0 Å². The van der Waals surface area contributed by atoms with Crippen LogP contribution in [0.15, 0.2) is 58.2 Å². The number of rotatable bonds is 7. The lowest BCUT2D eigenvalue weighted by molar-refractivity contribution is -0.384. The van der Waals surface area contributed by atoms with Gasteiger partial charge in [0.2, 0.25) is 0 Å². The van der Waals surface area contributed by atoms with Gasteiger partial charge in [0.25, 0.3) is 11.6 Å². The van der Waals surface area contributed by atoms with Gasteiger partial charge in [-0.1, -0.05) is 28.1 Å². The third-order valence-corrected chi connectivity index (χ3v) is 4.48. The molecule has 0 atom stereocenters. The Kier molecular flexibility index (Phi) is 6.42. The number of carbonyl (C=O) groups is 1. The molecule has 30 heavy (non-hydrogen) atoms. The van der Waals surface area contributed by atoms with E-state index in [1.165, 1.54) is 36.2 Å². The number of non-ortho nitro benzene ring substituents is 1. The summed E-state index contributed by atoms with van der Waals surface area (Å²) in [6, 6.07) is 10.8. The standard InChI is InChI=1S/C19H16BrN5O5/c1-30-17-9-14(20)8-13(18(17)26)10-21-22-19(27)16-6-7-24(23-16)11-12-2-4-15(5-3-12)25(28)29/h2-10,26H,11H2,1H3,(H,22,27). The normalized spacial score (nSPS) is 10.9. The highest BCUT2D eigenvalue weighted by Crippen LogP contribution is 2.32. The first kappa shape index (κ1) is 21.0. The molecule has 11 heteroatoms. The lowest BCUT2D eigenvalue weighted by Gasteiger charge is -2.06. The predicted molar refractivity (Wildman–Crippen MR) is 112 cm³/mol. The van der Waals surface area contributed by atoms with E-state index in [1.54, 1.807) is 30.5 Å². The molecule has 154 valence electrons. The van der Waals surface area contributed by atoms with Crippen molar-refractivity contribution < 1.29 is 19.6 Å². The number of benzene rings is 2. The van der Waals surface area contributed by atoms with Crippen molar-refractivity contribution in [1.82, 2.24) is 15.2 Å². The van der Waals surface area contributed by atoms with Gasteiger partial charge in [0.05, 0.1) is 24.8 Å². The second-order valence-corrected chi connectivity index (χ2v) is 6.98. The Morgan fingerprint density at radius 3 is 2.77 bits per heavy atom.